The number of para-hydroxylation sites is 1. The van der Waals surface area contributed by atoms with Gasteiger partial charge in [0.1, 0.15) is 11.0 Å². The van der Waals surface area contributed by atoms with Gasteiger partial charge in [0, 0.05) is 12.1 Å². The molecule has 1 aromatic heterocycles. The fraction of sp³-hybridized carbons (Fsp3) is 0.208. The Balaban J connectivity index is 1.52. The minimum Gasteiger partial charge on any atom is -0.467 e. The quantitative estimate of drug-likeness (QED) is 0.590. The number of carbonyl (C=O) groups is 2. The molecule has 1 unspecified atom stereocenters. The molecular formula is C24H23N3O3S. The number of benzene rings is 2. The molecule has 1 aliphatic heterocycles. The molecular weight excluding hydrogens is 410 g/mol. The summed E-state index contributed by atoms with van der Waals surface area (Å²) >= 11 is 1.31. The second kappa shape index (κ2) is 9.22. The van der Waals surface area contributed by atoms with E-state index in [4.69, 9.17) is 4.42 Å². The van der Waals surface area contributed by atoms with Crippen molar-refractivity contribution in [3.8, 4) is 0 Å². The van der Waals surface area contributed by atoms with Crippen molar-refractivity contribution in [3.63, 3.8) is 0 Å². The third-order valence-electron chi connectivity index (χ3n) is 4.93. The van der Waals surface area contributed by atoms with E-state index in [0.717, 1.165) is 22.5 Å². The lowest BCUT2D eigenvalue weighted by Gasteiger charge is -2.15. The first-order valence-corrected chi connectivity index (χ1v) is 10.9. The number of hydrogen-bond donors (Lipinski definition) is 1. The van der Waals surface area contributed by atoms with E-state index in [1.807, 2.05) is 68.4 Å². The van der Waals surface area contributed by atoms with E-state index in [9.17, 15) is 9.59 Å². The minimum absolute atomic E-state index is 0.0688. The smallest absolute Gasteiger partial charge is 0.243 e. The van der Waals surface area contributed by atoms with Gasteiger partial charge in [-0.1, -0.05) is 42.1 Å². The highest BCUT2D eigenvalue weighted by molar-refractivity contribution is 8.15. The van der Waals surface area contributed by atoms with E-state index in [1.165, 1.54) is 11.8 Å². The summed E-state index contributed by atoms with van der Waals surface area (Å²) in [4.78, 5) is 32.1. The maximum Gasteiger partial charge on any atom is 0.243 e. The van der Waals surface area contributed by atoms with Gasteiger partial charge in [-0.05, 0) is 55.3 Å². The van der Waals surface area contributed by atoms with Gasteiger partial charge in [0.2, 0.25) is 11.8 Å². The molecule has 1 atom stereocenters. The summed E-state index contributed by atoms with van der Waals surface area (Å²) in [5, 5.41) is 2.97. The highest BCUT2D eigenvalue weighted by Gasteiger charge is 2.39. The zero-order valence-corrected chi connectivity index (χ0v) is 18.2. The van der Waals surface area contributed by atoms with Crippen LogP contribution in [-0.2, 0) is 16.1 Å². The van der Waals surface area contributed by atoms with Crippen LogP contribution in [0.5, 0.6) is 0 Å². The Morgan fingerprint density at radius 1 is 1.13 bits per heavy atom. The molecule has 31 heavy (non-hydrogen) atoms. The van der Waals surface area contributed by atoms with Gasteiger partial charge in [0.05, 0.1) is 18.5 Å². The fourth-order valence-corrected chi connectivity index (χ4v) is 4.44. The molecule has 0 aliphatic carbocycles. The number of nitrogens with one attached hydrogen (secondary N) is 1. The van der Waals surface area contributed by atoms with Gasteiger partial charge in [-0.25, -0.2) is 4.99 Å². The highest BCUT2D eigenvalue weighted by atomic mass is 32.2. The van der Waals surface area contributed by atoms with Gasteiger partial charge < -0.3 is 9.73 Å². The SMILES string of the molecule is Cc1ccc(C)c(NC(=O)CC2SC(=Nc3ccccc3)N(Cc3ccco3)C2=O)c1. The van der Waals surface area contributed by atoms with Gasteiger partial charge >= 0.3 is 0 Å². The van der Waals surface area contributed by atoms with Crippen LogP contribution in [-0.4, -0.2) is 27.1 Å². The largest absolute Gasteiger partial charge is 0.467 e. The number of nitrogens with zero attached hydrogens (tertiary/aromatic N) is 2. The second-order valence-corrected chi connectivity index (χ2v) is 8.58. The molecule has 0 bridgehead atoms. The molecule has 2 amide bonds. The summed E-state index contributed by atoms with van der Waals surface area (Å²) in [6.45, 7) is 4.20. The second-order valence-electron chi connectivity index (χ2n) is 7.41. The minimum atomic E-state index is -0.539. The van der Waals surface area contributed by atoms with Gasteiger partial charge in [0.25, 0.3) is 0 Å². The van der Waals surface area contributed by atoms with Crippen molar-refractivity contribution in [1.29, 1.82) is 0 Å². The van der Waals surface area contributed by atoms with Gasteiger partial charge in [-0.3, -0.25) is 14.5 Å². The molecule has 0 saturated carbocycles. The monoisotopic (exact) mass is 433 g/mol. The molecule has 0 radical (unpaired) electrons. The maximum atomic E-state index is 13.1. The molecule has 1 saturated heterocycles. The Labute approximate surface area is 185 Å². The standard InChI is InChI=1S/C24H23N3O3S/c1-16-10-11-17(2)20(13-16)26-22(28)14-21-23(29)27(15-19-9-6-12-30-19)24(31-21)25-18-7-4-3-5-8-18/h3-13,21H,14-15H2,1-2H3,(H,26,28). The number of carbonyl (C=O) groups excluding carboxylic acids is 2. The topological polar surface area (TPSA) is 74.9 Å². The van der Waals surface area contributed by atoms with E-state index in [0.29, 0.717) is 10.9 Å². The summed E-state index contributed by atoms with van der Waals surface area (Å²) in [7, 11) is 0. The van der Waals surface area contributed by atoms with Crippen LogP contribution in [0.25, 0.3) is 0 Å². The van der Waals surface area contributed by atoms with Crippen LogP contribution >= 0.6 is 11.8 Å². The number of aryl methyl sites for hydroxylation is 2. The van der Waals surface area contributed by atoms with Crippen LogP contribution in [0.2, 0.25) is 0 Å². The Kier molecular flexibility index (Phi) is 6.23. The van der Waals surface area contributed by atoms with Crippen molar-refractivity contribution < 1.29 is 14.0 Å². The van der Waals surface area contributed by atoms with Crippen LogP contribution in [0.4, 0.5) is 11.4 Å². The number of anilines is 1. The summed E-state index contributed by atoms with van der Waals surface area (Å²) in [5.74, 6) is 0.320. The van der Waals surface area contributed by atoms with Crippen LogP contribution in [0.15, 0.2) is 76.3 Å². The van der Waals surface area contributed by atoms with Gasteiger partial charge in [-0.2, -0.15) is 0 Å². The molecule has 3 aromatic rings. The Hall–Kier alpha value is -3.32. The Morgan fingerprint density at radius 2 is 1.94 bits per heavy atom. The Morgan fingerprint density at radius 3 is 2.68 bits per heavy atom. The average Bonchev–Trinajstić information content (AvgIpc) is 3.36. The first kappa shape index (κ1) is 20.9. The number of rotatable bonds is 6. The predicted octanol–water partition coefficient (Wildman–Crippen LogP) is 5.06. The predicted molar refractivity (Wildman–Crippen MR) is 123 cm³/mol. The van der Waals surface area contributed by atoms with Crippen LogP contribution in [0.1, 0.15) is 23.3 Å². The third-order valence-corrected chi connectivity index (χ3v) is 6.11. The highest BCUT2D eigenvalue weighted by Crippen LogP contribution is 2.33. The van der Waals surface area contributed by atoms with Crippen molar-refractivity contribution in [1.82, 2.24) is 4.90 Å². The van der Waals surface area contributed by atoms with Crippen LogP contribution < -0.4 is 5.32 Å². The van der Waals surface area contributed by atoms with E-state index < -0.39 is 5.25 Å². The van der Waals surface area contributed by atoms with E-state index in [-0.39, 0.29) is 24.8 Å². The fourth-order valence-electron chi connectivity index (χ4n) is 3.28. The van der Waals surface area contributed by atoms with Crippen molar-refractivity contribution in [2.24, 2.45) is 4.99 Å². The zero-order valence-electron chi connectivity index (χ0n) is 17.4. The van der Waals surface area contributed by atoms with Crippen LogP contribution in [0.3, 0.4) is 0 Å². The molecule has 7 heteroatoms. The summed E-state index contributed by atoms with van der Waals surface area (Å²) in [6, 6.07) is 19.0. The lowest BCUT2D eigenvalue weighted by molar-refractivity contribution is -0.128. The number of aliphatic imine (C=N–C) groups is 1. The first-order valence-electron chi connectivity index (χ1n) is 10.0. The molecule has 158 valence electrons. The first-order chi connectivity index (χ1) is 15.0. The van der Waals surface area contributed by atoms with E-state index >= 15 is 0 Å². The summed E-state index contributed by atoms with van der Waals surface area (Å²) in [5.41, 5.74) is 3.57. The van der Waals surface area contributed by atoms with Crippen molar-refractivity contribution in [2.45, 2.75) is 32.1 Å². The summed E-state index contributed by atoms with van der Waals surface area (Å²) < 4.78 is 5.42. The van der Waals surface area contributed by atoms with E-state index in [1.54, 1.807) is 17.2 Å². The number of thioether (sulfide) groups is 1. The third kappa shape index (κ3) is 5.06. The lowest BCUT2D eigenvalue weighted by Crippen LogP contribution is -2.33. The molecule has 1 fully saturated rings. The van der Waals surface area contributed by atoms with Crippen LogP contribution in [0, 0.1) is 13.8 Å². The van der Waals surface area contributed by atoms with Crippen molar-refractivity contribution in [3.05, 3.63) is 83.8 Å². The molecule has 2 heterocycles. The number of furan rings is 1. The molecule has 2 aromatic carbocycles. The molecule has 1 aliphatic rings. The van der Waals surface area contributed by atoms with Gasteiger partial charge in [-0.15, -0.1) is 0 Å². The maximum absolute atomic E-state index is 13.1. The summed E-state index contributed by atoms with van der Waals surface area (Å²) in [6.07, 6.45) is 1.64. The molecule has 0 spiro atoms. The zero-order chi connectivity index (χ0) is 21.8. The van der Waals surface area contributed by atoms with Crippen molar-refractivity contribution in [2.75, 3.05) is 5.32 Å². The lowest BCUT2D eigenvalue weighted by atomic mass is 10.1. The number of hydrogen-bond acceptors (Lipinski definition) is 5. The van der Waals surface area contributed by atoms with Gasteiger partial charge in [0.15, 0.2) is 5.17 Å². The Bertz CT molecular complexity index is 1110. The van der Waals surface area contributed by atoms with E-state index in [2.05, 4.69) is 10.3 Å². The molecule has 1 N–H and O–H groups in total. The normalized spacial score (nSPS) is 17.4. The van der Waals surface area contributed by atoms with Crippen molar-refractivity contribution >= 4 is 40.1 Å². The molecule has 4 rings (SSSR count). The molecule has 6 nitrogen and oxygen atoms in total. The average molecular weight is 434 g/mol. The number of amidine groups is 1. The number of amides is 2.